The molecule has 0 amide bonds. The maximum atomic E-state index is 13.2. The molecule has 29 heavy (non-hydrogen) atoms. The Labute approximate surface area is 180 Å². The number of allylic oxidation sites excluding steroid dienone is 1. The van der Waals surface area contributed by atoms with E-state index in [-0.39, 0.29) is 5.97 Å². The van der Waals surface area contributed by atoms with Crippen LogP contribution in [0.5, 0.6) is 0 Å². The number of nitrogens with one attached hydrogen (secondary N) is 1. The summed E-state index contributed by atoms with van der Waals surface area (Å²) >= 11 is 12.4. The average Bonchev–Trinajstić information content (AvgIpc) is 3.06. The van der Waals surface area contributed by atoms with Gasteiger partial charge in [0.2, 0.25) is 0 Å². The van der Waals surface area contributed by atoms with Gasteiger partial charge in [0.15, 0.2) is 0 Å². The molecule has 1 aliphatic heterocycles. The predicted octanol–water partition coefficient (Wildman–Crippen LogP) is 5.37. The van der Waals surface area contributed by atoms with E-state index in [0.29, 0.717) is 22.2 Å². The van der Waals surface area contributed by atoms with E-state index in [4.69, 9.17) is 32.9 Å². The van der Waals surface area contributed by atoms with Crippen LogP contribution in [0.2, 0.25) is 10.0 Å². The van der Waals surface area contributed by atoms with E-state index in [2.05, 4.69) is 5.32 Å². The lowest BCUT2D eigenvalue weighted by Crippen LogP contribution is -2.52. The van der Waals surface area contributed by atoms with Gasteiger partial charge in [0.1, 0.15) is 11.2 Å². The van der Waals surface area contributed by atoms with Gasteiger partial charge in [0.25, 0.3) is 0 Å². The molecule has 2 aliphatic rings. The molecule has 2 aromatic carbocycles. The van der Waals surface area contributed by atoms with Crippen LogP contribution in [0.4, 0.5) is 0 Å². The molecule has 4 rings (SSSR count). The Kier molecular flexibility index (Phi) is 4.85. The second-order valence-corrected chi connectivity index (χ2v) is 8.68. The molecule has 0 saturated carbocycles. The molecule has 0 fully saturated rings. The summed E-state index contributed by atoms with van der Waals surface area (Å²) in [5.41, 5.74) is 3.41. The van der Waals surface area contributed by atoms with Crippen LogP contribution >= 0.6 is 23.2 Å². The van der Waals surface area contributed by atoms with Gasteiger partial charge in [0, 0.05) is 10.0 Å². The van der Waals surface area contributed by atoms with E-state index in [1.807, 2.05) is 63.2 Å². The molecule has 1 heterocycles. The number of carbonyl (C=O) groups is 1. The first-order valence-corrected chi connectivity index (χ1v) is 10.3. The monoisotopic (exact) mass is 428 g/mol. The minimum Gasteiger partial charge on any atom is -0.463 e. The van der Waals surface area contributed by atoms with Crippen molar-refractivity contribution < 1.29 is 9.53 Å². The number of benzene rings is 2. The molecule has 1 aliphatic carbocycles. The highest BCUT2D eigenvalue weighted by molar-refractivity contribution is 6.31. The van der Waals surface area contributed by atoms with Crippen molar-refractivity contribution in [2.24, 2.45) is 4.99 Å². The number of ether oxygens (including phenoxy) is 1. The molecule has 1 N–H and O–H groups in total. The van der Waals surface area contributed by atoms with Gasteiger partial charge in [-0.05, 0) is 74.2 Å². The van der Waals surface area contributed by atoms with Crippen LogP contribution in [0.15, 0.2) is 53.0 Å². The van der Waals surface area contributed by atoms with Crippen LogP contribution in [0.25, 0.3) is 5.57 Å². The predicted molar refractivity (Wildman–Crippen MR) is 118 cm³/mol. The van der Waals surface area contributed by atoms with E-state index in [9.17, 15) is 4.79 Å². The first kappa shape index (κ1) is 20.1. The fourth-order valence-electron chi connectivity index (χ4n) is 4.39. The summed E-state index contributed by atoms with van der Waals surface area (Å²) in [5.74, 6) is -0.357. The van der Waals surface area contributed by atoms with E-state index >= 15 is 0 Å². The minimum absolute atomic E-state index is 0.291. The Morgan fingerprint density at radius 2 is 1.76 bits per heavy atom. The normalized spacial score (nSPS) is 22.1. The highest BCUT2D eigenvalue weighted by Gasteiger charge is 2.57. The zero-order valence-corrected chi connectivity index (χ0v) is 18.3. The van der Waals surface area contributed by atoms with Gasteiger partial charge in [0.05, 0.1) is 17.9 Å². The van der Waals surface area contributed by atoms with Crippen molar-refractivity contribution in [2.75, 3.05) is 6.61 Å². The van der Waals surface area contributed by atoms with E-state index < -0.39 is 11.2 Å². The van der Waals surface area contributed by atoms with E-state index in [1.54, 1.807) is 6.92 Å². The zero-order valence-electron chi connectivity index (χ0n) is 16.8. The smallest absolute Gasteiger partial charge is 0.336 e. The zero-order chi connectivity index (χ0) is 21.0. The molecule has 2 aromatic rings. The van der Waals surface area contributed by atoms with Crippen LogP contribution in [-0.4, -0.2) is 24.0 Å². The molecule has 0 radical (unpaired) electrons. The maximum absolute atomic E-state index is 13.2. The number of carbonyl (C=O) groups excluding carboxylic acids is 1. The van der Waals surface area contributed by atoms with Crippen molar-refractivity contribution in [1.29, 1.82) is 0 Å². The van der Waals surface area contributed by atoms with E-state index in [1.165, 1.54) is 0 Å². The lowest BCUT2D eigenvalue weighted by molar-refractivity contribution is -0.139. The molecule has 4 nitrogen and oxygen atoms in total. The third kappa shape index (κ3) is 3.10. The van der Waals surface area contributed by atoms with Gasteiger partial charge >= 0.3 is 5.97 Å². The quantitative estimate of drug-likeness (QED) is 0.668. The molecular formula is C23H22Cl2N2O2. The van der Waals surface area contributed by atoms with Crippen molar-refractivity contribution in [3.8, 4) is 0 Å². The van der Waals surface area contributed by atoms with Gasteiger partial charge in [-0.15, -0.1) is 0 Å². The molecule has 6 heteroatoms. The number of halogens is 2. The summed E-state index contributed by atoms with van der Waals surface area (Å²) < 4.78 is 5.47. The largest absolute Gasteiger partial charge is 0.463 e. The lowest BCUT2D eigenvalue weighted by Gasteiger charge is -2.33. The minimum atomic E-state index is -0.923. The number of fused-ring (bicyclic) bond motifs is 2. The SMILES string of the molecule is CCOC(=O)C1=C(C)c2cc(Cl)ccc2C12NC(C)(C)N=C2c1ccc(Cl)cc1. The number of hydrogen-bond acceptors (Lipinski definition) is 4. The molecule has 1 atom stereocenters. The fourth-order valence-corrected chi connectivity index (χ4v) is 4.69. The summed E-state index contributed by atoms with van der Waals surface area (Å²) in [4.78, 5) is 18.2. The summed E-state index contributed by atoms with van der Waals surface area (Å²) in [6, 6.07) is 13.2. The van der Waals surface area contributed by atoms with Gasteiger partial charge in [-0.3, -0.25) is 10.3 Å². The summed E-state index contributed by atoms with van der Waals surface area (Å²) in [7, 11) is 0. The second-order valence-electron chi connectivity index (χ2n) is 7.81. The number of rotatable bonds is 3. The van der Waals surface area contributed by atoms with E-state index in [0.717, 1.165) is 28.0 Å². The number of aliphatic imine (C=N–C) groups is 1. The first-order chi connectivity index (χ1) is 13.7. The molecule has 0 saturated heterocycles. The van der Waals surface area contributed by atoms with Crippen LogP contribution in [-0.2, 0) is 15.1 Å². The first-order valence-electron chi connectivity index (χ1n) is 9.54. The average molecular weight is 429 g/mol. The van der Waals surface area contributed by atoms with Crippen molar-refractivity contribution in [3.63, 3.8) is 0 Å². The number of esters is 1. The van der Waals surface area contributed by atoms with Crippen LogP contribution in [0, 0.1) is 0 Å². The third-order valence-corrected chi connectivity index (χ3v) is 5.86. The van der Waals surface area contributed by atoms with Crippen LogP contribution in [0.3, 0.4) is 0 Å². The lowest BCUT2D eigenvalue weighted by atomic mass is 9.79. The van der Waals surface area contributed by atoms with Gasteiger partial charge in [-0.1, -0.05) is 41.4 Å². The Hall–Kier alpha value is -2.14. The highest BCUT2D eigenvalue weighted by atomic mass is 35.5. The molecule has 1 unspecified atom stereocenters. The van der Waals surface area contributed by atoms with Gasteiger partial charge < -0.3 is 4.74 Å². The summed E-state index contributed by atoms with van der Waals surface area (Å²) in [6.45, 7) is 8.01. The van der Waals surface area contributed by atoms with Crippen molar-refractivity contribution >= 4 is 40.5 Å². The molecule has 150 valence electrons. The molecule has 0 bridgehead atoms. The number of nitrogens with zero attached hydrogens (tertiary/aromatic N) is 1. The van der Waals surface area contributed by atoms with Crippen LogP contribution in [0.1, 0.15) is 44.4 Å². The van der Waals surface area contributed by atoms with Crippen molar-refractivity contribution in [1.82, 2.24) is 5.32 Å². The Morgan fingerprint density at radius 1 is 1.10 bits per heavy atom. The molecule has 0 aromatic heterocycles. The third-order valence-electron chi connectivity index (χ3n) is 5.38. The molecular weight excluding hydrogens is 407 g/mol. The Bertz CT molecular complexity index is 1070. The molecule has 1 spiro atoms. The maximum Gasteiger partial charge on any atom is 0.336 e. The summed E-state index contributed by atoms with van der Waals surface area (Å²) in [5, 5.41) is 4.89. The highest BCUT2D eigenvalue weighted by Crippen LogP contribution is 2.51. The van der Waals surface area contributed by atoms with Crippen molar-refractivity contribution in [3.05, 3.63) is 74.8 Å². The Balaban J connectivity index is 2.03. The Morgan fingerprint density at radius 3 is 2.41 bits per heavy atom. The van der Waals surface area contributed by atoms with Crippen molar-refractivity contribution in [2.45, 2.75) is 38.9 Å². The number of hydrogen-bond donors (Lipinski definition) is 1. The fraction of sp³-hybridized carbons (Fsp3) is 0.304. The van der Waals surface area contributed by atoms with Crippen LogP contribution < -0.4 is 5.32 Å². The second kappa shape index (κ2) is 6.98. The van der Waals surface area contributed by atoms with Gasteiger partial charge in [-0.25, -0.2) is 4.79 Å². The summed E-state index contributed by atoms with van der Waals surface area (Å²) in [6.07, 6.45) is 0. The topological polar surface area (TPSA) is 50.7 Å². The standard InChI is InChI=1S/C23H22Cl2N2O2/c1-5-29-21(28)19-13(2)17-12-16(25)10-11-18(17)23(19)20(26-22(3,4)27-23)14-6-8-15(24)9-7-14/h6-12,27H,5H2,1-4H3. The van der Waals surface area contributed by atoms with Gasteiger partial charge in [-0.2, -0.15) is 0 Å².